The Bertz CT molecular complexity index is 2800. The van der Waals surface area contributed by atoms with Crippen molar-refractivity contribution in [2.45, 2.75) is 388 Å². The van der Waals surface area contributed by atoms with Gasteiger partial charge in [-0.2, -0.15) is 0 Å². The molecule has 0 spiro atoms. The molecule has 1 aromatic rings. The van der Waals surface area contributed by atoms with E-state index >= 15 is 0 Å². The van der Waals surface area contributed by atoms with Crippen LogP contribution in [0.2, 0.25) is 0 Å². The molecule has 0 radical (unpaired) electrons. The smallest absolute Gasteiger partial charge is 0.187 e. The maximum absolute atomic E-state index is 12.0. The average molecular weight is 1830 g/mol. The highest BCUT2D eigenvalue weighted by atomic mass is 16.8. The van der Waals surface area contributed by atoms with Gasteiger partial charge in [-0.3, -0.25) is 0 Å². The molecule has 8 saturated heterocycles. The first kappa shape index (κ1) is 107. The van der Waals surface area contributed by atoms with Gasteiger partial charge in [-0.05, 0) is 36.8 Å². The summed E-state index contributed by atoms with van der Waals surface area (Å²) in [6.45, 7) is -4.99. The maximum atomic E-state index is 12.0. The molecule has 1 aromatic carbocycles. The molecule has 8 heterocycles. The van der Waals surface area contributed by atoms with Crippen LogP contribution in [0.1, 0.15) is 141 Å². The molecule has 0 aliphatic carbocycles. The number of aliphatic hydroxyl groups is 28. The second-order valence-electron chi connectivity index (χ2n) is 34.9. The summed E-state index contributed by atoms with van der Waals surface area (Å²) in [7, 11) is 0. The van der Waals surface area contributed by atoms with E-state index in [1.54, 1.807) is 24.3 Å². The highest BCUT2D eigenvalue weighted by molar-refractivity contribution is 5.25. The van der Waals surface area contributed by atoms with Gasteiger partial charge < -0.3 is 219 Å². The number of hydrogen-bond acceptors (Lipinski definition) is 44. The van der Waals surface area contributed by atoms with Crippen LogP contribution in [0.25, 0.3) is 0 Å². The Balaban J connectivity index is 1.07. The van der Waals surface area contributed by atoms with Gasteiger partial charge in [-0.25, -0.2) is 0 Å². The van der Waals surface area contributed by atoms with Crippen LogP contribution in [-0.4, -0.2) is 468 Å². The fourth-order valence-corrected chi connectivity index (χ4v) is 17.5. The molecule has 8 fully saturated rings. The Kier molecular flexibility index (Phi) is 43.7. The van der Waals surface area contributed by atoms with Crippen LogP contribution >= 0.6 is 0 Å². The molecule has 28 N–H and O–H groups in total. The molecule has 0 bridgehead atoms. The van der Waals surface area contributed by atoms with Crippen molar-refractivity contribution >= 4 is 0 Å². The number of aliphatic hydroxyl groups excluding tert-OH is 28. The zero-order valence-corrected chi connectivity index (χ0v) is 71.1. The quantitative estimate of drug-likeness (QED) is 0.0269. The minimum Gasteiger partial charge on any atom is -0.394 e. The molecule has 9 rings (SSSR count). The first-order valence-corrected chi connectivity index (χ1v) is 44.2. The van der Waals surface area contributed by atoms with Crippen molar-refractivity contribution in [2.24, 2.45) is 10.8 Å². The van der Waals surface area contributed by atoms with Gasteiger partial charge in [0.15, 0.2) is 50.3 Å². The molecule has 44 nitrogen and oxygen atoms in total. The predicted octanol–water partition coefficient (Wildman–Crippen LogP) is -9.63. The Morgan fingerprint density at radius 2 is 0.405 bits per heavy atom. The van der Waals surface area contributed by atoms with Crippen molar-refractivity contribution in [3.63, 3.8) is 0 Å². The summed E-state index contributed by atoms with van der Waals surface area (Å²) in [6.07, 6.45) is -60.0. The predicted molar refractivity (Wildman–Crippen MR) is 423 cm³/mol. The van der Waals surface area contributed by atoms with Crippen LogP contribution in [0.15, 0.2) is 24.3 Å². The third-order valence-electron chi connectivity index (χ3n) is 25.4. The average Bonchev–Trinajstić information content (AvgIpc) is 0.791. The van der Waals surface area contributed by atoms with Gasteiger partial charge in [-0.1, -0.05) is 141 Å². The summed E-state index contributed by atoms with van der Waals surface area (Å²) in [5, 5.41) is 307. The lowest BCUT2D eigenvalue weighted by atomic mass is 9.76. The van der Waals surface area contributed by atoms with Gasteiger partial charge in [0.1, 0.15) is 195 Å². The highest BCUT2D eigenvalue weighted by Gasteiger charge is 2.58. The maximum Gasteiger partial charge on any atom is 0.187 e. The van der Waals surface area contributed by atoms with Crippen molar-refractivity contribution < 1.29 is 219 Å². The van der Waals surface area contributed by atoms with Gasteiger partial charge in [0.05, 0.1) is 79.3 Å². The topological polar surface area (TPSA) is 714 Å². The van der Waals surface area contributed by atoms with Crippen LogP contribution in [0, 0.1) is 10.8 Å². The highest BCUT2D eigenvalue weighted by Crippen LogP contribution is 2.42. The van der Waals surface area contributed by atoms with Gasteiger partial charge in [0.25, 0.3) is 0 Å². The van der Waals surface area contributed by atoms with E-state index in [4.69, 9.17) is 75.8 Å². The summed E-state index contributed by atoms with van der Waals surface area (Å²) in [6, 6.07) is 6.92. The molecule has 0 saturated carbocycles. The van der Waals surface area contributed by atoms with Gasteiger partial charge in [0, 0.05) is 10.8 Å². The molecule has 8 aliphatic heterocycles. The molecule has 0 aromatic heterocycles. The van der Waals surface area contributed by atoms with E-state index in [0.29, 0.717) is 36.8 Å². The first-order valence-electron chi connectivity index (χ1n) is 44.2. The Labute approximate surface area is 729 Å². The number of unbranched alkanes of at least 4 members (excludes halogenated alkanes) is 14. The summed E-state index contributed by atoms with van der Waals surface area (Å²) in [4.78, 5) is 0. The van der Waals surface area contributed by atoms with E-state index in [2.05, 4.69) is 13.8 Å². The first-order chi connectivity index (χ1) is 60.3. The van der Waals surface area contributed by atoms with E-state index in [0.717, 1.165) is 77.0 Å². The monoisotopic (exact) mass is 1830 g/mol. The lowest BCUT2D eigenvalue weighted by Gasteiger charge is -2.47. The van der Waals surface area contributed by atoms with Crippen LogP contribution in [0.5, 0.6) is 0 Å². The Morgan fingerprint density at radius 3 is 0.603 bits per heavy atom. The zero-order chi connectivity index (χ0) is 92.0. The largest absolute Gasteiger partial charge is 0.394 e. The van der Waals surface area contributed by atoms with Crippen molar-refractivity contribution in [1.82, 2.24) is 0 Å². The lowest BCUT2D eigenvalue weighted by Crippen LogP contribution is -2.65. The number of benzene rings is 1. The number of ether oxygens (including phenoxy) is 16. The molecule has 0 amide bonds. The van der Waals surface area contributed by atoms with E-state index in [9.17, 15) is 143 Å². The molecule has 8 aliphatic rings. The summed E-state index contributed by atoms with van der Waals surface area (Å²) in [5.74, 6) is 0. The van der Waals surface area contributed by atoms with E-state index in [1.807, 2.05) is 0 Å². The van der Waals surface area contributed by atoms with Crippen LogP contribution < -0.4 is 0 Å². The minimum atomic E-state index is -2.05. The normalized spacial score (nSPS) is 42.4. The van der Waals surface area contributed by atoms with E-state index in [-0.39, 0.29) is 25.7 Å². The van der Waals surface area contributed by atoms with Crippen LogP contribution in [0.4, 0.5) is 0 Å². The van der Waals surface area contributed by atoms with Gasteiger partial charge in [0.2, 0.25) is 0 Å². The molecule has 126 heavy (non-hydrogen) atoms. The lowest BCUT2D eigenvalue weighted by molar-refractivity contribution is -0.365. The van der Waals surface area contributed by atoms with E-state index in [1.165, 1.54) is 0 Å². The Morgan fingerprint density at radius 1 is 0.222 bits per heavy atom. The molecule has 42 atom stereocenters. The zero-order valence-electron chi connectivity index (χ0n) is 71.1. The second kappa shape index (κ2) is 51.4. The number of hydrogen-bond donors (Lipinski definition) is 28. The minimum absolute atomic E-state index is 0.0621. The second-order valence-corrected chi connectivity index (χ2v) is 34.9. The van der Waals surface area contributed by atoms with Crippen molar-refractivity contribution in [3.8, 4) is 0 Å². The van der Waals surface area contributed by atoms with Crippen molar-refractivity contribution in [3.05, 3.63) is 35.4 Å². The van der Waals surface area contributed by atoms with Gasteiger partial charge >= 0.3 is 0 Å². The van der Waals surface area contributed by atoms with Crippen LogP contribution in [-0.2, 0) is 88.6 Å². The fourth-order valence-electron chi connectivity index (χ4n) is 17.5. The third kappa shape index (κ3) is 27.0. The standard InChI is InChI=1S/C82H142O44/c1-3-5-7-9-11-13-15-17-23-81(35-111-73-65(107)57(99)69(45(31-87)119-73)123-77-61(103)53(95)49(91)41(27-83)115-77,36-112-74-66(108)58(100)70(46(32-88)120-74)124-78-62(104)54(96)50(92)42(28-84)116-78)25-39-19-21-40(22-20-39)26-82(24-18-16-14-12-10-8-6-4-2,37-113-75-67(109)59(101)71(47(33-89)121-75)125-79-63(105)55(97)51(93)43(29-85)117-79)38-114-76-68(110)60(102)72(48(34-90)122-76)126-80-64(106)56(98)52(94)44(30-86)118-80/h19-22,41-80,83-110H,3-18,23-38H2,1-2H3/t41?,42?,43?,44?,45?,46?,47?,48?,49-,50-,51-,52-,53+,54+,55+,56+,57-,58-,59-,60-,61?,62?,63?,64?,65?,66?,67?,68?,69-,70-,71-,72-,73-,74-,75-,76-,77-,78+,79-,80+,81?,82?/m1/s1. The summed E-state index contributed by atoms with van der Waals surface area (Å²) in [5.41, 5.74) is -1.76. The molecular formula is C82H142O44. The Hall–Kier alpha value is -2.54. The molecule has 18 unspecified atom stereocenters. The van der Waals surface area contributed by atoms with Crippen LogP contribution in [0.3, 0.4) is 0 Å². The fraction of sp³-hybridized carbons (Fsp3) is 0.927. The SMILES string of the molecule is CCCCCCCCCCC(CO[C@@H]1OC(CO)[C@@H](O[C@H]2OC(CO)[C@@H](O)[C@H](O)C2O)[C@H](O)C1O)(CO[C@@H]1OC(CO)[C@@H](O[C@@H]2OC(CO)[C@@H](O)[C@H](O)C2O)[C@H](O)C1O)Cc1ccc(CC(CCCCCCCCCC)(CO[C@@H]2OC(CO)[C@@H](O[C@H]3OC(CO)[C@@H](O)[C@H](O)C3O)[C@H](O)C2O)CO[C@@H]2OC(CO)[C@@H](O[C@@H]3OC(CO)[C@@H](O)[C@H](O)C3O)[C@H](O)C2O)cc1. The number of rotatable bonds is 50. The molecule has 44 heteroatoms. The third-order valence-corrected chi connectivity index (χ3v) is 25.4. The van der Waals surface area contributed by atoms with E-state index < -0.39 is 336 Å². The van der Waals surface area contributed by atoms with Crippen molar-refractivity contribution in [2.75, 3.05) is 79.3 Å². The molecular weight excluding hydrogens is 1690 g/mol. The summed E-state index contributed by atoms with van der Waals surface area (Å²) >= 11 is 0. The molecule has 734 valence electrons. The van der Waals surface area contributed by atoms with Gasteiger partial charge in [-0.15, -0.1) is 0 Å². The van der Waals surface area contributed by atoms with Crippen molar-refractivity contribution in [1.29, 1.82) is 0 Å². The summed E-state index contributed by atoms with van der Waals surface area (Å²) < 4.78 is 96.2.